The molecule has 0 unspecified atom stereocenters. The maximum Gasteiger partial charge on any atom is 0.328 e. The maximum absolute atomic E-state index is 13.6. The summed E-state index contributed by atoms with van der Waals surface area (Å²) in [6.45, 7) is 3.63. The molecule has 0 radical (unpaired) electrons. The van der Waals surface area contributed by atoms with Gasteiger partial charge in [-0.25, -0.2) is 4.79 Å². The lowest BCUT2D eigenvalue weighted by Gasteiger charge is -2.42. The predicted molar refractivity (Wildman–Crippen MR) is 115 cm³/mol. The van der Waals surface area contributed by atoms with Crippen LogP contribution in [0.5, 0.6) is 0 Å². The molecule has 2 aromatic rings. The molecular formula is C23H29N5O3. The van der Waals surface area contributed by atoms with Crippen molar-refractivity contribution in [3.05, 3.63) is 60.2 Å². The van der Waals surface area contributed by atoms with E-state index in [2.05, 4.69) is 14.9 Å². The summed E-state index contributed by atoms with van der Waals surface area (Å²) < 4.78 is 5.19. The molecule has 8 nitrogen and oxygen atoms in total. The Kier molecular flexibility index (Phi) is 6.58. The Bertz CT molecular complexity index is 885. The molecule has 0 saturated carbocycles. The Morgan fingerprint density at radius 3 is 2.48 bits per heavy atom. The van der Waals surface area contributed by atoms with Crippen LogP contribution >= 0.6 is 0 Å². The summed E-state index contributed by atoms with van der Waals surface area (Å²) in [6, 6.07) is 9.36. The van der Waals surface area contributed by atoms with Crippen molar-refractivity contribution in [2.24, 2.45) is 0 Å². The van der Waals surface area contributed by atoms with E-state index in [0.717, 1.165) is 19.6 Å². The molecule has 0 aliphatic carbocycles. The van der Waals surface area contributed by atoms with Crippen LogP contribution in [0.3, 0.4) is 0 Å². The highest BCUT2D eigenvalue weighted by Gasteiger charge is 2.57. The van der Waals surface area contributed by atoms with Crippen molar-refractivity contribution >= 4 is 11.9 Å². The average Bonchev–Trinajstić information content (AvgIpc) is 2.99. The summed E-state index contributed by atoms with van der Waals surface area (Å²) in [5, 5.41) is 0. The average molecular weight is 424 g/mol. The lowest BCUT2D eigenvalue weighted by molar-refractivity contribution is -0.136. The number of imide groups is 1. The van der Waals surface area contributed by atoms with Crippen LogP contribution in [0, 0.1) is 0 Å². The zero-order chi connectivity index (χ0) is 21.7. The minimum Gasteiger partial charge on any atom is -0.385 e. The molecule has 164 valence electrons. The highest BCUT2D eigenvalue weighted by atomic mass is 16.5. The van der Waals surface area contributed by atoms with Crippen molar-refractivity contribution in [1.82, 2.24) is 24.7 Å². The third-order valence-corrected chi connectivity index (χ3v) is 6.24. The van der Waals surface area contributed by atoms with E-state index in [1.54, 1.807) is 30.6 Å². The number of hydrogen-bond donors (Lipinski definition) is 0. The van der Waals surface area contributed by atoms with E-state index in [-0.39, 0.29) is 18.5 Å². The number of aromatic nitrogens is 2. The van der Waals surface area contributed by atoms with Gasteiger partial charge in [0.1, 0.15) is 5.54 Å². The minimum atomic E-state index is -0.769. The summed E-state index contributed by atoms with van der Waals surface area (Å²) in [5.41, 5.74) is 1.15. The van der Waals surface area contributed by atoms with E-state index >= 15 is 0 Å². The molecule has 2 saturated heterocycles. The zero-order valence-corrected chi connectivity index (χ0v) is 17.9. The first-order valence-electron chi connectivity index (χ1n) is 10.8. The van der Waals surface area contributed by atoms with E-state index in [1.165, 1.54) is 10.5 Å². The largest absolute Gasteiger partial charge is 0.385 e. The van der Waals surface area contributed by atoms with Gasteiger partial charge in [0.05, 0.1) is 12.2 Å². The molecule has 3 amide bonds. The second kappa shape index (κ2) is 9.53. The van der Waals surface area contributed by atoms with Gasteiger partial charge in [-0.2, -0.15) is 0 Å². The minimum absolute atomic E-state index is 0.0934. The normalized spacial score (nSPS) is 18.9. The molecule has 4 heterocycles. The molecule has 1 spiro atoms. The number of carbonyl (C=O) groups excluding carboxylic acids is 2. The number of nitrogens with zero attached hydrogens (tertiary/aromatic N) is 5. The topological polar surface area (TPSA) is 78.9 Å². The number of urea groups is 1. The lowest BCUT2D eigenvalue weighted by atomic mass is 9.85. The monoisotopic (exact) mass is 423 g/mol. The fourth-order valence-electron chi connectivity index (χ4n) is 4.56. The molecule has 31 heavy (non-hydrogen) atoms. The molecule has 2 aromatic heterocycles. The van der Waals surface area contributed by atoms with Crippen molar-refractivity contribution < 1.29 is 14.3 Å². The van der Waals surface area contributed by atoms with Crippen LogP contribution < -0.4 is 0 Å². The third-order valence-electron chi connectivity index (χ3n) is 6.24. The third kappa shape index (κ3) is 4.45. The standard InChI is InChI=1S/C23H29N5O3/c1-31-16-4-13-28-22(30)27(18-20-5-2-3-10-25-20)21(29)23(28)8-14-26(15-9-23)17-19-6-11-24-12-7-19/h2-3,5-7,10-12H,4,8-9,13-18H2,1H3. The van der Waals surface area contributed by atoms with Gasteiger partial charge in [0, 0.05) is 58.5 Å². The molecule has 0 bridgehead atoms. The first-order valence-corrected chi connectivity index (χ1v) is 10.8. The van der Waals surface area contributed by atoms with Gasteiger partial charge in [-0.1, -0.05) is 6.07 Å². The SMILES string of the molecule is COCCCN1C(=O)N(Cc2ccccn2)C(=O)C12CCN(Cc1ccncc1)CC2. The molecule has 4 rings (SSSR count). The van der Waals surface area contributed by atoms with Crippen molar-refractivity contribution in [3.8, 4) is 0 Å². The number of rotatable bonds is 8. The molecule has 2 aliphatic rings. The Balaban J connectivity index is 1.50. The van der Waals surface area contributed by atoms with Gasteiger partial charge in [-0.15, -0.1) is 0 Å². The predicted octanol–water partition coefficient (Wildman–Crippen LogP) is 2.31. The Morgan fingerprint density at radius 2 is 1.81 bits per heavy atom. The molecule has 0 aromatic carbocycles. The zero-order valence-electron chi connectivity index (χ0n) is 17.9. The Hall–Kier alpha value is -2.84. The first-order chi connectivity index (χ1) is 15.1. The summed E-state index contributed by atoms with van der Waals surface area (Å²) in [5.74, 6) is -0.0934. The van der Waals surface area contributed by atoms with Gasteiger partial charge >= 0.3 is 6.03 Å². The summed E-state index contributed by atoms with van der Waals surface area (Å²) in [4.78, 5) is 40.8. The second-order valence-electron chi connectivity index (χ2n) is 8.16. The summed E-state index contributed by atoms with van der Waals surface area (Å²) in [6.07, 6.45) is 7.25. The van der Waals surface area contributed by atoms with E-state index in [1.807, 2.05) is 30.3 Å². The van der Waals surface area contributed by atoms with Crippen LogP contribution in [-0.4, -0.2) is 75.5 Å². The van der Waals surface area contributed by atoms with Crippen molar-refractivity contribution in [3.63, 3.8) is 0 Å². The summed E-state index contributed by atoms with van der Waals surface area (Å²) >= 11 is 0. The molecular weight excluding hydrogens is 394 g/mol. The number of methoxy groups -OCH3 is 1. The number of amides is 3. The van der Waals surface area contributed by atoms with E-state index < -0.39 is 5.54 Å². The number of hydrogen-bond acceptors (Lipinski definition) is 6. The van der Waals surface area contributed by atoms with Gasteiger partial charge in [-0.05, 0) is 49.1 Å². The quantitative estimate of drug-likeness (QED) is 0.479. The van der Waals surface area contributed by atoms with Crippen LogP contribution in [-0.2, 0) is 22.6 Å². The Morgan fingerprint density at radius 1 is 1.03 bits per heavy atom. The van der Waals surface area contributed by atoms with Gasteiger partial charge < -0.3 is 9.64 Å². The highest BCUT2D eigenvalue weighted by Crippen LogP contribution is 2.38. The number of ether oxygens (including phenoxy) is 1. The van der Waals surface area contributed by atoms with Gasteiger partial charge in [0.15, 0.2) is 0 Å². The number of pyridine rings is 2. The highest BCUT2D eigenvalue weighted by molar-refractivity contribution is 6.07. The fourth-order valence-corrected chi connectivity index (χ4v) is 4.56. The summed E-state index contributed by atoms with van der Waals surface area (Å²) in [7, 11) is 1.65. The maximum atomic E-state index is 13.6. The fraction of sp³-hybridized carbons (Fsp3) is 0.478. The smallest absolute Gasteiger partial charge is 0.328 e. The van der Waals surface area contributed by atoms with Gasteiger partial charge in [-0.3, -0.25) is 24.6 Å². The number of piperidine rings is 1. The van der Waals surface area contributed by atoms with Crippen LogP contribution in [0.2, 0.25) is 0 Å². The molecule has 0 atom stereocenters. The number of likely N-dealkylation sites (tertiary alicyclic amines) is 1. The van der Waals surface area contributed by atoms with Gasteiger partial charge in [0.2, 0.25) is 0 Å². The van der Waals surface area contributed by atoms with Gasteiger partial charge in [0.25, 0.3) is 5.91 Å². The number of carbonyl (C=O) groups is 2. The van der Waals surface area contributed by atoms with Crippen LogP contribution in [0.15, 0.2) is 48.9 Å². The van der Waals surface area contributed by atoms with E-state index in [9.17, 15) is 9.59 Å². The Labute approximate surface area is 182 Å². The van der Waals surface area contributed by atoms with E-state index in [0.29, 0.717) is 38.1 Å². The van der Waals surface area contributed by atoms with Crippen LogP contribution in [0.25, 0.3) is 0 Å². The second-order valence-corrected chi connectivity index (χ2v) is 8.16. The first kappa shape index (κ1) is 21.4. The van der Waals surface area contributed by atoms with Crippen LogP contribution in [0.1, 0.15) is 30.5 Å². The van der Waals surface area contributed by atoms with Crippen molar-refractivity contribution in [2.75, 3.05) is 33.4 Å². The molecule has 0 N–H and O–H groups in total. The van der Waals surface area contributed by atoms with E-state index in [4.69, 9.17) is 4.74 Å². The molecule has 2 aliphatic heterocycles. The molecule has 8 heteroatoms. The van der Waals surface area contributed by atoms with Crippen molar-refractivity contribution in [1.29, 1.82) is 0 Å². The van der Waals surface area contributed by atoms with Crippen LogP contribution in [0.4, 0.5) is 4.79 Å². The lowest BCUT2D eigenvalue weighted by Crippen LogP contribution is -2.56. The van der Waals surface area contributed by atoms with Crippen molar-refractivity contribution in [2.45, 2.75) is 37.9 Å². The molecule has 2 fully saturated rings.